The van der Waals surface area contributed by atoms with Crippen molar-refractivity contribution in [2.45, 2.75) is 6.42 Å². The number of primary amides is 1. The van der Waals surface area contributed by atoms with Crippen LogP contribution in [0, 0.1) is 0 Å². The van der Waals surface area contributed by atoms with Gasteiger partial charge in [-0.15, -0.1) is 11.3 Å². The zero-order valence-electron chi connectivity index (χ0n) is 8.44. The number of nitrogens with one attached hydrogen (secondary N) is 1. The highest BCUT2D eigenvalue weighted by atomic mass is 32.1. The van der Waals surface area contributed by atoms with E-state index < -0.39 is 17.2 Å². The van der Waals surface area contributed by atoms with Gasteiger partial charge in [-0.1, -0.05) is 0 Å². The molecule has 0 bridgehead atoms. The molecule has 0 spiro atoms. The largest absolute Gasteiger partial charge is 0.369 e. The second-order valence-corrected chi connectivity index (χ2v) is 4.26. The molecule has 1 amide bonds. The highest BCUT2D eigenvalue weighted by Gasteiger charge is 2.13. The van der Waals surface area contributed by atoms with Crippen molar-refractivity contribution in [3.05, 3.63) is 31.8 Å². The zero-order chi connectivity index (χ0) is 11.9. The van der Waals surface area contributed by atoms with Crippen molar-refractivity contribution in [2.75, 3.05) is 0 Å². The molecule has 2 aromatic rings. The van der Waals surface area contributed by atoms with Gasteiger partial charge in [-0.2, -0.15) is 0 Å². The Hall–Kier alpha value is -1.89. The Bertz CT molecular complexity index is 679. The van der Waals surface area contributed by atoms with Crippen LogP contribution in [0.15, 0.2) is 15.0 Å². The minimum absolute atomic E-state index is 0.00127. The summed E-state index contributed by atoms with van der Waals surface area (Å²) in [4.78, 5) is 36.5. The number of H-pyrrole nitrogens is 1. The van der Waals surface area contributed by atoms with Crippen LogP contribution in [0.5, 0.6) is 0 Å². The average Bonchev–Trinajstić information content (AvgIpc) is 2.58. The Morgan fingerprint density at radius 2 is 2.25 bits per heavy atom. The zero-order valence-corrected chi connectivity index (χ0v) is 9.26. The number of rotatable bonds is 2. The van der Waals surface area contributed by atoms with Gasteiger partial charge in [0.1, 0.15) is 4.83 Å². The first-order valence-corrected chi connectivity index (χ1v) is 5.36. The molecule has 0 aromatic carbocycles. The molecule has 0 atom stereocenters. The van der Waals surface area contributed by atoms with Gasteiger partial charge in [-0.05, 0) is 10.9 Å². The van der Waals surface area contributed by atoms with Crippen LogP contribution in [0.3, 0.4) is 0 Å². The second-order valence-electron chi connectivity index (χ2n) is 3.40. The van der Waals surface area contributed by atoms with Gasteiger partial charge in [-0.3, -0.25) is 19.1 Å². The number of nitrogens with zero attached hydrogens (tertiary/aromatic N) is 1. The summed E-state index contributed by atoms with van der Waals surface area (Å²) < 4.78 is 1.34. The van der Waals surface area contributed by atoms with E-state index in [9.17, 15) is 14.4 Å². The molecular weight excluding hydrogens is 230 g/mol. The molecule has 0 aliphatic rings. The summed E-state index contributed by atoms with van der Waals surface area (Å²) in [6.45, 7) is 0. The Morgan fingerprint density at radius 3 is 2.88 bits per heavy atom. The van der Waals surface area contributed by atoms with Crippen molar-refractivity contribution >= 4 is 27.5 Å². The van der Waals surface area contributed by atoms with Crippen LogP contribution in [-0.2, 0) is 18.3 Å². The number of aromatic amines is 1. The number of amides is 1. The lowest BCUT2D eigenvalue weighted by atomic mass is 10.2. The Balaban J connectivity index is 2.83. The molecule has 0 saturated carbocycles. The average molecular weight is 239 g/mol. The number of hydrogen-bond donors (Lipinski definition) is 2. The summed E-state index contributed by atoms with van der Waals surface area (Å²) in [5.74, 6) is -0.507. The summed E-state index contributed by atoms with van der Waals surface area (Å²) in [5.41, 5.74) is 4.69. The molecule has 0 saturated heterocycles. The van der Waals surface area contributed by atoms with Gasteiger partial charge in [0.2, 0.25) is 5.91 Å². The number of thiophene rings is 1. The maximum absolute atomic E-state index is 11.6. The number of hydrogen-bond acceptors (Lipinski definition) is 4. The first-order chi connectivity index (χ1) is 7.50. The van der Waals surface area contributed by atoms with Crippen LogP contribution in [0.4, 0.5) is 0 Å². The molecule has 0 fully saturated rings. The third-order valence-electron chi connectivity index (χ3n) is 2.27. The molecule has 2 heterocycles. The van der Waals surface area contributed by atoms with Gasteiger partial charge in [0.15, 0.2) is 0 Å². The molecule has 3 N–H and O–H groups in total. The molecule has 2 aromatic heterocycles. The number of carbonyl (C=O) groups excluding carboxylic acids is 1. The van der Waals surface area contributed by atoms with Crippen molar-refractivity contribution in [2.24, 2.45) is 12.8 Å². The van der Waals surface area contributed by atoms with Crippen LogP contribution in [-0.4, -0.2) is 15.5 Å². The van der Waals surface area contributed by atoms with Crippen LogP contribution in [0.25, 0.3) is 10.2 Å². The lowest BCUT2D eigenvalue weighted by Gasteiger charge is -1.98. The van der Waals surface area contributed by atoms with E-state index in [0.717, 1.165) is 0 Å². The monoisotopic (exact) mass is 239 g/mol. The molecular formula is C9H9N3O3S. The predicted molar refractivity (Wildman–Crippen MR) is 60.6 cm³/mol. The minimum atomic E-state index is -0.507. The smallest absolute Gasteiger partial charge is 0.329 e. The van der Waals surface area contributed by atoms with E-state index in [1.807, 2.05) is 0 Å². The molecule has 2 rings (SSSR count). The fourth-order valence-electron chi connectivity index (χ4n) is 1.53. The number of aromatic nitrogens is 2. The third kappa shape index (κ3) is 1.54. The fourth-order valence-corrected chi connectivity index (χ4v) is 2.56. The Labute approximate surface area is 93.3 Å². The molecule has 16 heavy (non-hydrogen) atoms. The highest BCUT2D eigenvalue weighted by Crippen LogP contribution is 2.21. The van der Waals surface area contributed by atoms with Crippen molar-refractivity contribution in [3.8, 4) is 0 Å². The normalized spacial score (nSPS) is 10.8. The number of fused-ring (bicyclic) bond motifs is 1. The lowest BCUT2D eigenvalue weighted by Crippen LogP contribution is -2.28. The van der Waals surface area contributed by atoms with Crippen molar-refractivity contribution < 1.29 is 4.79 Å². The van der Waals surface area contributed by atoms with Crippen LogP contribution in [0.2, 0.25) is 0 Å². The SMILES string of the molecule is Cn1c(=O)[nH]c(=O)c2c(CC(N)=O)csc21. The van der Waals surface area contributed by atoms with Crippen molar-refractivity contribution in [1.29, 1.82) is 0 Å². The minimum Gasteiger partial charge on any atom is -0.369 e. The molecule has 0 aliphatic heterocycles. The van der Waals surface area contributed by atoms with E-state index in [-0.39, 0.29) is 6.42 Å². The maximum Gasteiger partial charge on any atom is 0.329 e. The van der Waals surface area contributed by atoms with Crippen LogP contribution in [0.1, 0.15) is 5.56 Å². The van der Waals surface area contributed by atoms with Crippen molar-refractivity contribution in [1.82, 2.24) is 9.55 Å². The molecule has 6 nitrogen and oxygen atoms in total. The topological polar surface area (TPSA) is 97.9 Å². The van der Waals surface area contributed by atoms with Crippen LogP contribution < -0.4 is 17.0 Å². The summed E-state index contributed by atoms with van der Waals surface area (Å²) in [5, 5.41) is 2.04. The second kappa shape index (κ2) is 3.60. The summed E-state index contributed by atoms with van der Waals surface area (Å²) in [6, 6.07) is 0. The molecule has 0 unspecified atom stereocenters. The van der Waals surface area contributed by atoms with Gasteiger partial charge in [0.25, 0.3) is 5.56 Å². The first-order valence-electron chi connectivity index (χ1n) is 4.48. The number of aryl methyl sites for hydroxylation is 1. The van der Waals surface area contributed by atoms with Gasteiger partial charge >= 0.3 is 5.69 Å². The molecule has 0 aliphatic carbocycles. The fraction of sp³-hybridized carbons (Fsp3) is 0.222. The Kier molecular flexibility index (Phi) is 2.39. The van der Waals surface area contributed by atoms with E-state index >= 15 is 0 Å². The number of nitrogens with two attached hydrogens (primary N) is 1. The van der Waals surface area contributed by atoms with E-state index in [1.165, 1.54) is 15.9 Å². The maximum atomic E-state index is 11.6. The first kappa shape index (κ1) is 10.6. The van der Waals surface area contributed by atoms with E-state index in [0.29, 0.717) is 15.8 Å². The summed E-state index contributed by atoms with van der Waals surface area (Å²) >= 11 is 1.25. The van der Waals surface area contributed by atoms with Gasteiger partial charge in [-0.25, -0.2) is 4.79 Å². The van der Waals surface area contributed by atoms with Crippen LogP contribution >= 0.6 is 11.3 Å². The predicted octanol–water partition coefficient (Wildman–Crippen LogP) is -0.684. The quantitative estimate of drug-likeness (QED) is 0.726. The molecule has 84 valence electrons. The standard InChI is InChI=1S/C9H9N3O3S/c1-12-8-6(7(14)11-9(12)15)4(3-16-8)2-5(10)13/h3H,2H2,1H3,(H2,10,13)(H,11,14,15). The lowest BCUT2D eigenvalue weighted by molar-refractivity contribution is -0.117. The van der Waals surface area contributed by atoms with E-state index in [4.69, 9.17) is 5.73 Å². The van der Waals surface area contributed by atoms with Gasteiger partial charge in [0.05, 0.1) is 11.8 Å². The third-order valence-corrected chi connectivity index (χ3v) is 3.37. The molecule has 0 radical (unpaired) electrons. The van der Waals surface area contributed by atoms with E-state index in [2.05, 4.69) is 4.98 Å². The summed E-state index contributed by atoms with van der Waals surface area (Å²) in [7, 11) is 1.56. The van der Waals surface area contributed by atoms with Gasteiger partial charge in [0, 0.05) is 7.05 Å². The van der Waals surface area contributed by atoms with E-state index in [1.54, 1.807) is 12.4 Å². The van der Waals surface area contributed by atoms with Crippen molar-refractivity contribution in [3.63, 3.8) is 0 Å². The molecule has 7 heteroatoms. The number of carbonyl (C=O) groups is 1. The summed E-state index contributed by atoms with van der Waals surface area (Å²) in [6.07, 6.45) is 0.00127. The highest BCUT2D eigenvalue weighted by molar-refractivity contribution is 7.17. The van der Waals surface area contributed by atoms with Gasteiger partial charge < -0.3 is 5.73 Å². The Morgan fingerprint density at radius 1 is 1.56 bits per heavy atom.